The fraction of sp³-hybridized carbons (Fsp3) is 0.0435. The number of hydrogen-bond donors (Lipinski definition) is 1. The van der Waals surface area contributed by atoms with Gasteiger partial charge in [0.1, 0.15) is 10.6 Å². The molecule has 0 saturated carbocycles. The molecule has 31 heavy (non-hydrogen) atoms. The van der Waals surface area contributed by atoms with Gasteiger partial charge in [0.25, 0.3) is 5.91 Å². The predicted octanol–water partition coefficient (Wildman–Crippen LogP) is 4.47. The van der Waals surface area contributed by atoms with Gasteiger partial charge in [-0.1, -0.05) is 18.2 Å². The number of amides is 1. The molecule has 2 aromatic carbocycles. The molecule has 1 N–H and O–H groups in total. The minimum absolute atomic E-state index is 0.126. The molecule has 0 radical (unpaired) electrons. The van der Waals surface area contributed by atoms with Crippen LogP contribution in [-0.2, 0) is 4.79 Å². The van der Waals surface area contributed by atoms with Crippen molar-refractivity contribution in [3.63, 3.8) is 0 Å². The molecule has 0 unspecified atom stereocenters. The number of carboxylic acid groups (broad SMARTS) is 1. The molecular weight excluding hydrogens is 416 g/mol. The number of hydrazone groups is 1. The number of nitrogens with zero attached hydrogens (tertiary/aromatic N) is 2. The molecule has 1 aliphatic heterocycles. The average Bonchev–Trinajstić information content (AvgIpc) is 3.39. The number of carboxylic acids is 1. The van der Waals surface area contributed by atoms with Crippen LogP contribution in [0.25, 0.3) is 6.08 Å². The molecule has 1 amide bonds. The topological polar surface area (TPSA) is 96.3 Å². The van der Waals surface area contributed by atoms with E-state index >= 15 is 0 Å². The van der Waals surface area contributed by atoms with Crippen molar-refractivity contribution in [2.24, 2.45) is 5.10 Å². The van der Waals surface area contributed by atoms with E-state index in [1.165, 1.54) is 40.6 Å². The van der Waals surface area contributed by atoms with E-state index in [0.29, 0.717) is 33.2 Å². The molecule has 1 aliphatic rings. The summed E-state index contributed by atoms with van der Waals surface area (Å²) in [6.45, 7) is 1.72. The van der Waals surface area contributed by atoms with Crippen molar-refractivity contribution in [2.75, 3.05) is 5.01 Å². The number of benzene rings is 2. The summed E-state index contributed by atoms with van der Waals surface area (Å²) in [6, 6.07) is 16.2. The molecule has 8 heteroatoms. The maximum Gasteiger partial charge on any atom is 0.353 e. The van der Waals surface area contributed by atoms with Crippen LogP contribution in [0.2, 0.25) is 0 Å². The van der Waals surface area contributed by atoms with Crippen LogP contribution in [0.3, 0.4) is 0 Å². The molecule has 1 aromatic heterocycles. The van der Waals surface area contributed by atoms with Gasteiger partial charge in [0, 0.05) is 0 Å². The van der Waals surface area contributed by atoms with E-state index in [1.54, 1.807) is 54.8 Å². The summed E-state index contributed by atoms with van der Waals surface area (Å²) >= 11 is 1.30. The highest BCUT2D eigenvalue weighted by Gasteiger charge is 2.28. The third-order valence-corrected chi connectivity index (χ3v) is 5.37. The Morgan fingerprint density at radius 3 is 2.55 bits per heavy atom. The lowest BCUT2D eigenvalue weighted by atomic mass is 10.1. The van der Waals surface area contributed by atoms with E-state index in [1.807, 2.05) is 0 Å². The Balaban J connectivity index is 1.55. The number of anilines is 1. The summed E-state index contributed by atoms with van der Waals surface area (Å²) in [5.41, 5.74) is 2.19. The second-order valence-electron chi connectivity index (χ2n) is 6.65. The molecule has 7 nitrogen and oxygen atoms in total. The normalized spacial score (nSPS) is 14.6. The number of ether oxygens (including phenoxy) is 1. The molecule has 3 aromatic rings. The number of rotatable bonds is 5. The van der Waals surface area contributed by atoms with E-state index in [0.717, 1.165) is 0 Å². The van der Waals surface area contributed by atoms with Crippen molar-refractivity contribution in [3.05, 3.63) is 87.6 Å². The highest BCUT2D eigenvalue weighted by Crippen LogP contribution is 2.26. The maximum atomic E-state index is 12.9. The SMILES string of the molecule is CC1=NN(c2ccc(C(=O)O)cc2)C(=O)/C1=C\c1cccc(OC(=O)c2cccs2)c1. The van der Waals surface area contributed by atoms with Crippen molar-refractivity contribution >= 4 is 46.7 Å². The standard InChI is InChI=1S/C23H16N2O5S/c1-14-19(21(26)25(24-14)17-9-7-16(8-10-17)22(27)28)13-15-4-2-5-18(12-15)30-23(29)20-6-3-11-31-20/h2-13H,1H3,(H,27,28)/b19-13-. The molecule has 154 valence electrons. The predicted molar refractivity (Wildman–Crippen MR) is 118 cm³/mol. The van der Waals surface area contributed by atoms with E-state index in [2.05, 4.69) is 5.10 Å². The van der Waals surface area contributed by atoms with Gasteiger partial charge in [-0.15, -0.1) is 11.3 Å². The summed E-state index contributed by atoms with van der Waals surface area (Å²) < 4.78 is 5.41. The molecule has 0 spiro atoms. The molecule has 0 atom stereocenters. The number of thiophene rings is 1. The van der Waals surface area contributed by atoms with Crippen LogP contribution in [0.4, 0.5) is 5.69 Å². The van der Waals surface area contributed by atoms with E-state index in [-0.39, 0.29) is 11.5 Å². The number of hydrogen-bond acceptors (Lipinski definition) is 6. The van der Waals surface area contributed by atoms with Crippen molar-refractivity contribution in [1.82, 2.24) is 0 Å². The first kappa shape index (κ1) is 20.2. The van der Waals surface area contributed by atoms with E-state index < -0.39 is 11.9 Å². The summed E-state index contributed by atoms with van der Waals surface area (Å²) in [7, 11) is 0. The summed E-state index contributed by atoms with van der Waals surface area (Å²) in [5.74, 6) is -1.44. The molecule has 0 bridgehead atoms. The summed E-state index contributed by atoms with van der Waals surface area (Å²) in [6.07, 6.45) is 1.68. The first-order valence-electron chi connectivity index (χ1n) is 9.23. The third-order valence-electron chi connectivity index (χ3n) is 4.52. The van der Waals surface area contributed by atoms with Gasteiger partial charge in [-0.05, 0) is 66.4 Å². The van der Waals surface area contributed by atoms with Crippen molar-refractivity contribution in [3.8, 4) is 5.75 Å². The van der Waals surface area contributed by atoms with E-state index in [9.17, 15) is 14.4 Å². The lowest BCUT2D eigenvalue weighted by Gasteiger charge is -2.11. The number of esters is 1. The van der Waals surface area contributed by atoms with E-state index in [4.69, 9.17) is 9.84 Å². The fourth-order valence-electron chi connectivity index (χ4n) is 2.99. The minimum atomic E-state index is -1.04. The molecule has 4 rings (SSSR count). The van der Waals surface area contributed by atoms with Gasteiger partial charge >= 0.3 is 11.9 Å². The number of carbonyl (C=O) groups is 3. The van der Waals surface area contributed by atoms with Gasteiger partial charge in [-0.25, -0.2) is 9.59 Å². The van der Waals surface area contributed by atoms with Gasteiger partial charge in [-0.2, -0.15) is 10.1 Å². The monoisotopic (exact) mass is 432 g/mol. The molecule has 0 saturated heterocycles. The zero-order valence-corrected chi connectivity index (χ0v) is 17.1. The van der Waals surface area contributed by atoms with Gasteiger partial charge < -0.3 is 9.84 Å². The van der Waals surface area contributed by atoms with Gasteiger partial charge in [0.2, 0.25) is 0 Å². The number of aromatic carboxylic acids is 1. The number of carbonyl (C=O) groups excluding carboxylic acids is 2. The first-order valence-corrected chi connectivity index (χ1v) is 10.1. The molecule has 0 fully saturated rings. The first-order chi connectivity index (χ1) is 14.9. The van der Waals surface area contributed by atoms with Crippen LogP contribution >= 0.6 is 11.3 Å². The zero-order chi connectivity index (χ0) is 22.0. The van der Waals surface area contributed by atoms with Gasteiger partial charge in [0.15, 0.2) is 0 Å². The average molecular weight is 432 g/mol. The third kappa shape index (κ3) is 4.29. The van der Waals surface area contributed by atoms with Crippen LogP contribution in [0.1, 0.15) is 32.5 Å². The minimum Gasteiger partial charge on any atom is -0.478 e. The Morgan fingerprint density at radius 1 is 1.10 bits per heavy atom. The highest BCUT2D eigenvalue weighted by atomic mass is 32.1. The van der Waals surface area contributed by atoms with Crippen LogP contribution in [-0.4, -0.2) is 28.7 Å². The lowest BCUT2D eigenvalue weighted by molar-refractivity contribution is -0.114. The maximum absolute atomic E-state index is 12.9. The molecule has 2 heterocycles. The zero-order valence-electron chi connectivity index (χ0n) is 16.3. The van der Waals surface area contributed by atoms with Crippen LogP contribution in [0.5, 0.6) is 5.75 Å². The smallest absolute Gasteiger partial charge is 0.353 e. The Kier molecular flexibility index (Phi) is 5.46. The van der Waals surface area contributed by atoms with Crippen LogP contribution in [0.15, 0.2) is 76.7 Å². The molecule has 0 aliphatic carbocycles. The molecular formula is C23H16N2O5S. The Morgan fingerprint density at radius 2 is 1.87 bits per heavy atom. The van der Waals surface area contributed by atoms with Crippen LogP contribution in [0, 0.1) is 0 Å². The van der Waals surface area contributed by atoms with Crippen molar-refractivity contribution in [1.29, 1.82) is 0 Å². The second-order valence-corrected chi connectivity index (χ2v) is 7.60. The quantitative estimate of drug-likeness (QED) is 0.365. The van der Waals surface area contributed by atoms with Crippen molar-refractivity contribution in [2.45, 2.75) is 6.92 Å². The lowest BCUT2D eigenvalue weighted by Crippen LogP contribution is -2.21. The second kappa shape index (κ2) is 8.37. The van der Waals surface area contributed by atoms with Gasteiger partial charge in [0.05, 0.1) is 22.5 Å². The van der Waals surface area contributed by atoms with Crippen LogP contribution < -0.4 is 9.75 Å². The Hall–Kier alpha value is -4.04. The van der Waals surface area contributed by atoms with Gasteiger partial charge in [-0.3, -0.25) is 4.79 Å². The highest BCUT2D eigenvalue weighted by molar-refractivity contribution is 7.12. The van der Waals surface area contributed by atoms with Crippen molar-refractivity contribution < 1.29 is 24.2 Å². The Bertz CT molecular complexity index is 1230. The summed E-state index contributed by atoms with van der Waals surface area (Å²) in [4.78, 5) is 36.6. The Labute approximate surface area is 181 Å². The summed E-state index contributed by atoms with van der Waals surface area (Å²) in [5, 5.41) is 16.3. The largest absolute Gasteiger partial charge is 0.478 e. The fourth-order valence-corrected chi connectivity index (χ4v) is 3.59.